The van der Waals surface area contributed by atoms with Crippen LogP contribution in [0.15, 0.2) is 29.4 Å². The fourth-order valence-corrected chi connectivity index (χ4v) is 4.47. The normalized spacial score (nSPS) is 17.3. The molecule has 26 heavy (non-hydrogen) atoms. The number of anilines is 2. The number of hydrogen-bond acceptors (Lipinski definition) is 5. The molecule has 1 N–H and O–H groups in total. The van der Waals surface area contributed by atoms with Gasteiger partial charge in [0.05, 0.1) is 5.75 Å². The zero-order valence-corrected chi connectivity index (χ0v) is 16.0. The number of carbonyl (C=O) groups is 1. The van der Waals surface area contributed by atoms with Gasteiger partial charge in [-0.15, -0.1) is 10.2 Å². The maximum Gasteiger partial charge on any atom is 0.232 e. The number of rotatable bonds is 5. The van der Waals surface area contributed by atoms with Crippen LogP contribution in [0.4, 0.5) is 11.6 Å². The van der Waals surface area contributed by atoms with Crippen molar-refractivity contribution in [3.63, 3.8) is 0 Å². The van der Waals surface area contributed by atoms with Crippen molar-refractivity contribution < 1.29 is 4.79 Å². The smallest absolute Gasteiger partial charge is 0.232 e. The summed E-state index contributed by atoms with van der Waals surface area (Å²) < 4.78 is 2.11. The first-order chi connectivity index (χ1) is 12.7. The maximum atomic E-state index is 12.2. The average Bonchev–Trinajstić information content (AvgIpc) is 3.24. The van der Waals surface area contributed by atoms with E-state index in [2.05, 4.69) is 56.2 Å². The Kier molecular flexibility index (Phi) is 5.15. The van der Waals surface area contributed by atoms with Gasteiger partial charge in [-0.25, -0.2) is 0 Å². The van der Waals surface area contributed by atoms with E-state index in [1.807, 2.05) is 0 Å². The molecule has 1 aromatic carbocycles. The highest BCUT2D eigenvalue weighted by Crippen LogP contribution is 2.32. The van der Waals surface area contributed by atoms with Crippen LogP contribution in [0.25, 0.3) is 0 Å². The highest BCUT2D eigenvalue weighted by Gasteiger charge is 2.26. The Hall–Kier alpha value is -2.02. The highest BCUT2D eigenvalue weighted by molar-refractivity contribution is 7.99. The molecule has 2 heterocycles. The largest absolute Gasteiger partial charge is 0.353 e. The van der Waals surface area contributed by atoms with Crippen LogP contribution in [0.1, 0.15) is 37.7 Å². The maximum absolute atomic E-state index is 12.2. The number of benzene rings is 1. The third-order valence-electron chi connectivity index (χ3n) is 5.13. The van der Waals surface area contributed by atoms with Crippen LogP contribution in [-0.4, -0.2) is 39.0 Å². The van der Waals surface area contributed by atoms with E-state index in [4.69, 9.17) is 0 Å². The van der Waals surface area contributed by atoms with Crippen molar-refractivity contribution in [1.82, 2.24) is 20.1 Å². The standard InChI is InChI=1S/C19H25N5OS/c1-14-7-9-16(10-8-14)23-11-12-24-18(23)21-22-19(24)26-13-17(25)20-15-5-3-2-4-6-15/h7-10,15H,2-6,11-13H2,1H3,(H,20,25). The molecule has 0 unspecified atom stereocenters. The van der Waals surface area contributed by atoms with Crippen LogP contribution in [0.2, 0.25) is 0 Å². The van der Waals surface area contributed by atoms with E-state index < -0.39 is 0 Å². The molecule has 0 atom stereocenters. The van der Waals surface area contributed by atoms with Crippen molar-refractivity contribution in [1.29, 1.82) is 0 Å². The summed E-state index contributed by atoms with van der Waals surface area (Å²) in [4.78, 5) is 14.4. The second kappa shape index (κ2) is 7.70. The van der Waals surface area contributed by atoms with E-state index in [9.17, 15) is 4.79 Å². The second-order valence-electron chi connectivity index (χ2n) is 7.11. The minimum absolute atomic E-state index is 0.104. The van der Waals surface area contributed by atoms with Gasteiger partial charge in [0.2, 0.25) is 11.9 Å². The molecule has 0 bridgehead atoms. The summed E-state index contributed by atoms with van der Waals surface area (Å²) in [7, 11) is 0. The molecule has 2 aromatic rings. The number of hydrogen-bond donors (Lipinski definition) is 1. The molecule has 4 rings (SSSR count). The lowest BCUT2D eigenvalue weighted by atomic mass is 9.95. The van der Waals surface area contributed by atoms with Gasteiger partial charge in [-0.3, -0.25) is 9.36 Å². The van der Waals surface area contributed by atoms with E-state index in [0.717, 1.165) is 42.7 Å². The minimum atomic E-state index is 0.104. The number of fused-ring (bicyclic) bond motifs is 1. The predicted octanol–water partition coefficient (Wildman–Crippen LogP) is 3.28. The monoisotopic (exact) mass is 371 g/mol. The van der Waals surface area contributed by atoms with Crippen molar-refractivity contribution in [3.8, 4) is 0 Å². The van der Waals surface area contributed by atoms with Crippen molar-refractivity contribution >= 4 is 29.3 Å². The molecule has 1 amide bonds. The fraction of sp³-hybridized carbons (Fsp3) is 0.526. The Labute approximate surface area is 158 Å². The molecule has 1 aromatic heterocycles. The quantitative estimate of drug-likeness (QED) is 0.817. The number of aryl methyl sites for hydroxylation is 1. The highest BCUT2D eigenvalue weighted by atomic mass is 32.2. The van der Waals surface area contributed by atoms with E-state index in [0.29, 0.717) is 11.8 Å². The van der Waals surface area contributed by atoms with Gasteiger partial charge in [0.25, 0.3) is 0 Å². The van der Waals surface area contributed by atoms with Crippen molar-refractivity contribution in [3.05, 3.63) is 29.8 Å². The SMILES string of the molecule is Cc1ccc(N2CCn3c(SCC(=O)NC4CCCCC4)nnc32)cc1. The molecule has 138 valence electrons. The lowest BCUT2D eigenvalue weighted by Crippen LogP contribution is -2.37. The third-order valence-corrected chi connectivity index (χ3v) is 6.10. The van der Waals surface area contributed by atoms with Crippen LogP contribution in [0.5, 0.6) is 0 Å². The Morgan fingerprint density at radius 1 is 1.15 bits per heavy atom. The van der Waals surface area contributed by atoms with Gasteiger partial charge < -0.3 is 10.2 Å². The zero-order valence-electron chi connectivity index (χ0n) is 15.1. The lowest BCUT2D eigenvalue weighted by Gasteiger charge is -2.22. The second-order valence-corrected chi connectivity index (χ2v) is 8.06. The van der Waals surface area contributed by atoms with E-state index in [1.54, 1.807) is 0 Å². The van der Waals surface area contributed by atoms with Crippen molar-refractivity contribution in [2.45, 2.75) is 56.8 Å². The number of nitrogens with one attached hydrogen (secondary N) is 1. The predicted molar refractivity (Wildman–Crippen MR) is 104 cm³/mol. The van der Waals surface area contributed by atoms with Crippen LogP contribution in [-0.2, 0) is 11.3 Å². The average molecular weight is 372 g/mol. The van der Waals surface area contributed by atoms with Gasteiger partial charge in [-0.2, -0.15) is 0 Å². The Morgan fingerprint density at radius 3 is 2.69 bits per heavy atom. The van der Waals surface area contributed by atoms with Crippen LogP contribution < -0.4 is 10.2 Å². The molecule has 2 aliphatic rings. The van der Waals surface area contributed by atoms with Crippen LogP contribution >= 0.6 is 11.8 Å². The Balaban J connectivity index is 1.37. The van der Waals surface area contributed by atoms with E-state index in [1.165, 1.54) is 36.6 Å². The molecule has 6 nitrogen and oxygen atoms in total. The van der Waals surface area contributed by atoms with Crippen molar-refractivity contribution in [2.75, 3.05) is 17.2 Å². The third kappa shape index (κ3) is 3.72. The summed E-state index contributed by atoms with van der Waals surface area (Å²) in [6, 6.07) is 8.81. The molecular formula is C19H25N5OS. The molecule has 1 aliphatic heterocycles. The summed E-state index contributed by atoms with van der Waals surface area (Å²) in [5.74, 6) is 1.37. The summed E-state index contributed by atoms with van der Waals surface area (Å²) >= 11 is 1.48. The molecule has 1 aliphatic carbocycles. The Bertz CT molecular complexity index is 767. The van der Waals surface area contributed by atoms with Gasteiger partial charge in [0, 0.05) is 24.8 Å². The molecular weight excluding hydrogens is 346 g/mol. The molecule has 1 fully saturated rings. The van der Waals surface area contributed by atoms with E-state index in [-0.39, 0.29) is 5.91 Å². The summed E-state index contributed by atoms with van der Waals surface area (Å²) in [6.07, 6.45) is 5.98. The van der Waals surface area contributed by atoms with Gasteiger partial charge in [0.15, 0.2) is 5.16 Å². The number of nitrogens with zero attached hydrogens (tertiary/aromatic N) is 4. The van der Waals surface area contributed by atoms with Crippen LogP contribution in [0, 0.1) is 6.92 Å². The van der Waals surface area contributed by atoms with Gasteiger partial charge in [-0.1, -0.05) is 48.7 Å². The van der Waals surface area contributed by atoms with Crippen molar-refractivity contribution in [2.24, 2.45) is 0 Å². The van der Waals surface area contributed by atoms with Gasteiger partial charge in [-0.05, 0) is 31.9 Å². The number of amides is 1. The first-order valence-corrected chi connectivity index (χ1v) is 10.4. The fourth-order valence-electron chi connectivity index (χ4n) is 3.70. The van der Waals surface area contributed by atoms with Gasteiger partial charge >= 0.3 is 0 Å². The molecule has 0 spiro atoms. The number of carbonyl (C=O) groups excluding carboxylic acids is 1. The molecule has 0 radical (unpaired) electrons. The summed E-state index contributed by atoms with van der Waals surface area (Å²) in [6.45, 7) is 3.82. The topological polar surface area (TPSA) is 63.1 Å². The number of aromatic nitrogens is 3. The first-order valence-electron chi connectivity index (χ1n) is 9.40. The molecule has 7 heteroatoms. The first kappa shape index (κ1) is 17.4. The Morgan fingerprint density at radius 2 is 1.92 bits per heavy atom. The summed E-state index contributed by atoms with van der Waals surface area (Å²) in [5.41, 5.74) is 2.38. The molecule has 1 saturated carbocycles. The summed E-state index contributed by atoms with van der Waals surface area (Å²) in [5, 5.41) is 12.6. The zero-order chi connectivity index (χ0) is 17.9. The lowest BCUT2D eigenvalue weighted by molar-refractivity contribution is -0.119. The number of thioether (sulfide) groups is 1. The van der Waals surface area contributed by atoms with Gasteiger partial charge in [0.1, 0.15) is 0 Å². The van der Waals surface area contributed by atoms with Crippen LogP contribution in [0.3, 0.4) is 0 Å². The minimum Gasteiger partial charge on any atom is -0.353 e. The molecule has 0 saturated heterocycles. The van der Waals surface area contributed by atoms with E-state index >= 15 is 0 Å².